The summed E-state index contributed by atoms with van der Waals surface area (Å²) >= 11 is 1.57. The highest BCUT2D eigenvalue weighted by molar-refractivity contribution is 7.18. The van der Waals surface area contributed by atoms with Gasteiger partial charge in [0.25, 0.3) is 5.56 Å². The number of nitrogens with one attached hydrogen (secondary N) is 1. The van der Waals surface area contributed by atoms with E-state index in [1.54, 1.807) is 32.1 Å². The fourth-order valence-corrected chi connectivity index (χ4v) is 5.00. The first-order chi connectivity index (χ1) is 12.8. The van der Waals surface area contributed by atoms with Crippen LogP contribution in [0.2, 0.25) is 0 Å². The van der Waals surface area contributed by atoms with Gasteiger partial charge in [0.15, 0.2) is 11.9 Å². The third-order valence-electron chi connectivity index (χ3n) is 5.09. The van der Waals surface area contributed by atoms with E-state index in [1.165, 1.54) is 4.88 Å². The lowest BCUT2D eigenvalue weighted by atomic mass is 9.89. The van der Waals surface area contributed by atoms with Crippen LogP contribution in [0.5, 0.6) is 0 Å². The molecule has 27 heavy (non-hydrogen) atoms. The van der Waals surface area contributed by atoms with Gasteiger partial charge in [-0.1, -0.05) is 12.1 Å². The number of hydrogen-bond acceptors (Lipinski definition) is 7. The van der Waals surface area contributed by atoms with E-state index in [2.05, 4.69) is 22.0 Å². The second-order valence-electron chi connectivity index (χ2n) is 7.23. The quantitative estimate of drug-likeness (QED) is 0.689. The fraction of sp³-hybridized carbons (Fsp3) is 0.474. The first-order valence-electron chi connectivity index (χ1n) is 9.03. The SMILES string of the molecule is Cc1noc(C)c1C(=O)O[C@H](C)c1nc2sc3c(c2c(=O)[nH]1)CC[C@@H](C)C3. The van der Waals surface area contributed by atoms with Crippen LogP contribution in [0.3, 0.4) is 0 Å². The second kappa shape index (κ2) is 6.60. The number of carbonyl (C=O) groups is 1. The molecule has 1 N–H and O–H groups in total. The minimum atomic E-state index is -0.693. The maximum atomic E-state index is 12.7. The maximum absolute atomic E-state index is 12.7. The van der Waals surface area contributed by atoms with Gasteiger partial charge in [-0.25, -0.2) is 9.78 Å². The Bertz CT molecular complexity index is 1070. The van der Waals surface area contributed by atoms with Crippen LogP contribution in [0.4, 0.5) is 0 Å². The zero-order valence-electron chi connectivity index (χ0n) is 15.7. The number of ether oxygens (including phenoxy) is 1. The lowest BCUT2D eigenvalue weighted by Crippen LogP contribution is -2.18. The first-order valence-corrected chi connectivity index (χ1v) is 9.85. The Hall–Kier alpha value is -2.48. The minimum absolute atomic E-state index is 0.165. The summed E-state index contributed by atoms with van der Waals surface area (Å²) in [6.07, 6.45) is 2.30. The minimum Gasteiger partial charge on any atom is -0.451 e. The highest BCUT2D eigenvalue weighted by atomic mass is 32.1. The molecular weight excluding hydrogens is 366 g/mol. The number of rotatable bonds is 3. The second-order valence-corrected chi connectivity index (χ2v) is 8.31. The molecule has 0 fully saturated rings. The highest BCUT2D eigenvalue weighted by Gasteiger charge is 2.26. The number of aromatic amines is 1. The molecule has 0 bridgehead atoms. The van der Waals surface area contributed by atoms with Gasteiger partial charge in [0.2, 0.25) is 0 Å². The van der Waals surface area contributed by atoms with Crippen molar-refractivity contribution in [2.75, 3.05) is 0 Å². The van der Waals surface area contributed by atoms with Crippen molar-refractivity contribution in [2.45, 2.75) is 53.1 Å². The van der Waals surface area contributed by atoms with E-state index >= 15 is 0 Å². The van der Waals surface area contributed by atoms with Crippen molar-refractivity contribution < 1.29 is 14.1 Å². The predicted molar refractivity (Wildman–Crippen MR) is 101 cm³/mol. The van der Waals surface area contributed by atoms with Crippen molar-refractivity contribution in [3.8, 4) is 0 Å². The fourth-order valence-electron chi connectivity index (χ4n) is 3.61. The molecule has 2 atom stereocenters. The van der Waals surface area contributed by atoms with E-state index in [-0.39, 0.29) is 5.56 Å². The number of thiophene rings is 1. The van der Waals surface area contributed by atoms with E-state index in [1.807, 2.05) is 0 Å². The van der Waals surface area contributed by atoms with Crippen molar-refractivity contribution in [2.24, 2.45) is 5.92 Å². The topological polar surface area (TPSA) is 98.1 Å². The van der Waals surface area contributed by atoms with E-state index in [9.17, 15) is 9.59 Å². The normalized spacial score (nSPS) is 17.7. The van der Waals surface area contributed by atoms with Gasteiger partial charge in [0, 0.05) is 4.88 Å². The number of aryl methyl sites for hydroxylation is 3. The van der Waals surface area contributed by atoms with Crippen LogP contribution in [0.15, 0.2) is 9.32 Å². The van der Waals surface area contributed by atoms with E-state index in [4.69, 9.17) is 9.26 Å². The number of esters is 1. The van der Waals surface area contributed by atoms with E-state index < -0.39 is 12.1 Å². The summed E-state index contributed by atoms with van der Waals surface area (Å²) in [5.74, 6) is 0.834. The lowest BCUT2D eigenvalue weighted by Gasteiger charge is -2.17. The average molecular weight is 387 g/mol. The third kappa shape index (κ3) is 3.07. The molecule has 3 heterocycles. The molecule has 3 aromatic rings. The average Bonchev–Trinajstić information content (AvgIpc) is 3.13. The van der Waals surface area contributed by atoms with Crippen molar-refractivity contribution in [3.05, 3.63) is 43.6 Å². The largest absolute Gasteiger partial charge is 0.451 e. The first kappa shape index (κ1) is 17.9. The number of carbonyl (C=O) groups excluding carboxylic acids is 1. The molecule has 0 saturated heterocycles. The summed E-state index contributed by atoms with van der Waals surface area (Å²) in [7, 11) is 0. The number of fused-ring (bicyclic) bond motifs is 3. The van der Waals surface area contributed by atoms with E-state index in [0.717, 1.165) is 24.8 Å². The molecule has 1 aliphatic rings. The summed E-state index contributed by atoms with van der Waals surface area (Å²) in [6, 6.07) is 0. The number of hydrogen-bond donors (Lipinski definition) is 1. The predicted octanol–water partition coefficient (Wildman–Crippen LogP) is 3.63. The molecule has 4 rings (SSSR count). The molecule has 142 valence electrons. The van der Waals surface area contributed by atoms with Crippen LogP contribution in [0.1, 0.15) is 64.4 Å². The lowest BCUT2D eigenvalue weighted by molar-refractivity contribution is 0.0317. The molecule has 0 unspecified atom stereocenters. The monoisotopic (exact) mass is 387 g/mol. The van der Waals surface area contributed by atoms with Gasteiger partial charge in [-0.05, 0) is 51.5 Å². The molecular formula is C19H21N3O4S. The van der Waals surface area contributed by atoms with Gasteiger partial charge < -0.3 is 14.2 Å². The highest BCUT2D eigenvalue weighted by Crippen LogP contribution is 2.36. The molecule has 1 aliphatic carbocycles. The van der Waals surface area contributed by atoms with E-state index in [0.29, 0.717) is 39.0 Å². The van der Waals surface area contributed by atoms with Crippen molar-refractivity contribution in [1.82, 2.24) is 15.1 Å². The number of nitrogens with zero attached hydrogens (tertiary/aromatic N) is 2. The number of H-pyrrole nitrogens is 1. The Labute approximate surface area is 159 Å². The van der Waals surface area contributed by atoms with Crippen LogP contribution in [-0.2, 0) is 17.6 Å². The molecule has 0 spiro atoms. The van der Waals surface area contributed by atoms with Crippen LogP contribution in [0, 0.1) is 19.8 Å². The van der Waals surface area contributed by atoms with Gasteiger partial charge in [0.1, 0.15) is 16.2 Å². The number of aromatic nitrogens is 3. The molecule has 0 radical (unpaired) electrons. The van der Waals surface area contributed by atoms with Crippen LogP contribution in [-0.4, -0.2) is 21.1 Å². The van der Waals surface area contributed by atoms with Gasteiger partial charge in [-0.15, -0.1) is 11.3 Å². The Kier molecular flexibility index (Phi) is 4.38. The summed E-state index contributed by atoms with van der Waals surface area (Å²) < 4.78 is 10.5. The molecule has 0 amide bonds. The standard InChI is InChI=1S/C19H21N3O4S/c1-8-5-6-12-13(7-8)27-18-15(12)17(23)20-16(21-18)11(4)25-19(24)14-9(2)22-26-10(14)3/h8,11H,5-7H2,1-4H3,(H,20,21,23)/t8-,11-/m1/s1. The van der Waals surface area contributed by atoms with Crippen molar-refractivity contribution in [1.29, 1.82) is 0 Å². The smallest absolute Gasteiger partial charge is 0.344 e. The van der Waals surface area contributed by atoms with Gasteiger partial charge in [0.05, 0.1) is 11.1 Å². The maximum Gasteiger partial charge on any atom is 0.344 e. The molecule has 0 aromatic carbocycles. The Morgan fingerprint density at radius 3 is 2.89 bits per heavy atom. The molecule has 8 heteroatoms. The molecule has 0 saturated carbocycles. The Balaban J connectivity index is 1.66. The Morgan fingerprint density at radius 1 is 1.41 bits per heavy atom. The third-order valence-corrected chi connectivity index (χ3v) is 6.24. The van der Waals surface area contributed by atoms with Gasteiger partial charge in [-0.3, -0.25) is 4.79 Å². The molecule has 7 nitrogen and oxygen atoms in total. The summed E-state index contributed by atoms with van der Waals surface area (Å²) in [5, 5.41) is 4.46. The van der Waals surface area contributed by atoms with Crippen LogP contribution < -0.4 is 5.56 Å². The zero-order chi connectivity index (χ0) is 19.3. The van der Waals surface area contributed by atoms with Crippen molar-refractivity contribution in [3.63, 3.8) is 0 Å². The van der Waals surface area contributed by atoms with Crippen LogP contribution >= 0.6 is 11.3 Å². The molecule has 3 aromatic heterocycles. The zero-order valence-corrected chi connectivity index (χ0v) is 16.5. The Morgan fingerprint density at radius 2 is 2.19 bits per heavy atom. The van der Waals surface area contributed by atoms with Gasteiger partial charge in [-0.2, -0.15) is 0 Å². The summed E-state index contributed by atoms with van der Waals surface area (Å²) in [5.41, 5.74) is 1.75. The summed E-state index contributed by atoms with van der Waals surface area (Å²) in [4.78, 5) is 34.5. The molecule has 0 aliphatic heterocycles. The van der Waals surface area contributed by atoms with Crippen LogP contribution in [0.25, 0.3) is 10.2 Å². The van der Waals surface area contributed by atoms with Gasteiger partial charge >= 0.3 is 5.97 Å². The van der Waals surface area contributed by atoms with Crippen molar-refractivity contribution >= 4 is 27.5 Å². The summed E-state index contributed by atoms with van der Waals surface area (Å²) in [6.45, 7) is 7.26.